The molecule has 3 nitrogen and oxygen atoms in total. The first-order valence-electron chi connectivity index (χ1n) is 17.4. The molecule has 11 rings (SSSR count). The molecule has 11 aromatic rings. The third-order valence-corrected chi connectivity index (χ3v) is 10.5. The second kappa shape index (κ2) is 10.8. The van der Waals surface area contributed by atoms with Crippen molar-refractivity contribution in [3.05, 3.63) is 182 Å². The van der Waals surface area contributed by atoms with Crippen molar-refractivity contribution in [3.63, 3.8) is 0 Å². The molecule has 0 aliphatic heterocycles. The Balaban J connectivity index is 1.10. The molecule has 0 fully saturated rings. The molecule has 51 heavy (non-hydrogen) atoms. The molecular weight excluding hydrogens is 621 g/mol. The molecule has 0 aliphatic carbocycles. The Bertz CT molecular complexity index is 3070. The quantitative estimate of drug-likeness (QED) is 0.186. The van der Waals surface area contributed by atoms with Gasteiger partial charge in [-0.25, -0.2) is 0 Å². The van der Waals surface area contributed by atoms with Crippen LogP contribution < -0.4 is 0 Å². The zero-order valence-corrected chi connectivity index (χ0v) is 27.6. The van der Waals surface area contributed by atoms with Crippen LogP contribution in [0, 0.1) is 0 Å². The van der Waals surface area contributed by atoms with Gasteiger partial charge >= 0.3 is 0 Å². The number of hydrogen-bond acceptors (Lipinski definition) is 1. The monoisotopic (exact) mass is 650 g/mol. The number of benzene rings is 8. The van der Waals surface area contributed by atoms with Crippen molar-refractivity contribution >= 4 is 65.6 Å². The van der Waals surface area contributed by atoms with E-state index in [9.17, 15) is 0 Å². The van der Waals surface area contributed by atoms with Crippen molar-refractivity contribution in [2.75, 3.05) is 0 Å². The second-order valence-electron chi connectivity index (χ2n) is 13.3. The Morgan fingerprint density at radius 2 is 0.824 bits per heavy atom. The Morgan fingerprint density at radius 1 is 0.314 bits per heavy atom. The number of rotatable bonds is 4. The van der Waals surface area contributed by atoms with Gasteiger partial charge in [0.2, 0.25) is 0 Å². The summed E-state index contributed by atoms with van der Waals surface area (Å²) in [5, 5.41) is 7.23. The molecule has 0 N–H and O–H groups in total. The fraction of sp³-hybridized carbons (Fsp3) is 0. The summed E-state index contributed by atoms with van der Waals surface area (Å²) in [5.74, 6) is 0. The summed E-state index contributed by atoms with van der Waals surface area (Å²) in [4.78, 5) is 0. The average Bonchev–Trinajstić information content (AvgIpc) is 3.85. The number of aromatic nitrogens is 2. The highest BCUT2D eigenvalue weighted by molar-refractivity contribution is 6.15. The number of hydrogen-bond donors (Lipinski definition) is 0. The molecule has 3 aromatic heterocycles. The van der Waals surface area contributed by atoms with Gasteiger partial charge in [-0.3, -0.25) is 0 Å². The van der Waals surface area contributed by atoms with Gasteiger partial charge in [-0.05, 0) is 82.9 Å². The van der Waals surface area contributed by atoms with Crippen molar-refractivity contribution in [3.8, 4) is 33.6 Å². The lowest BCUT2D eigenvalue weighted by Gasteiger charge is -2.11. The number of para-hydroxylation sites is 3. The standard InChI is InChI=1S/C48H30N2O/c1-2-11-31(12-3-1)32-21-23-33(24-22-32)36-16-10-20-47-48(36)41-30-35(26-28-46(41)51-47)50-44-19-9-6-15-39(44)40-29-34(25-27-45(40)50)49-42-17-7-4-13-37(42)38-14-5-8-18-43(38)49/h1-30H. The SMILES string of the molecule is c1ccc(-c2ccc(-c3cccc4oc5ccc(-n6c7ccccc7c7cc(-n8c9ccccc9c9ccccc98)ccc76)cc5c34)cc2)cc1. The van der Waals surface area contributed by atoms with Gasteiger partial charge in [-0.15, -0.1) is 0 Å². The summed E-state index contributed by atoms with van der Waals surface area (Å²) in [6.07, 6.45) is 0. The van der Waals surface area contributed by atoms with Crippen LogP contribution in [0.1, 0.15) is 0 Å². The van der Waals surface area contributed by atoms with Gasteiger partial charge in [0.15, 0.2) is 0 Å². The van der Waals surface area contributed by atoms with Gasteiger partial charge in [0.25, 0.3) is 0 Å². The molecule has 0 saturated heterocycles. The Hall–Kier alpha value is -6.84. The van der Waals surface area contributed by atoms with Crippen LogP contribution in [0.25, 0.3) is 99.2 Å². The molecule has 8 aromatic carbocycles. The minimum absolute atomic E-state index is 0.886. The minimum atomic E-state index is 0.886. The van der Waals surface area contributed by atoms with E-state index in [1.807, 2.05) is 0 Å². The van der Waals surface area contributed by atoms with Crippen molar-refractivity contribution in [2.45, 2.75) is 0 Å². The van der Waals surface area contributed by atoms with Crippen LogP contribution in [0.3, 0.4) is 0 Å². The summed E-state index contributed by atoms with van der Waals surface area (Å²) < 4.78 is 11.3. The van der Waals surface area contributed by atoms with Crippen LogP contribution >= 0.6 is 0 Å². The molecule has 0 atom stereocenters. The van der Waals surface area contributed by atoms with Gasteiger partial charge in [0.1, 0.15) is 11.2 Å². The highest BCUT2D eigenvalue weighted by Crippen LogP contribution is 2.41. The molecule has 0 radical (unpaired) electrons. The van der Waals surface area contributed by atoms with Crippen molar-refractivity contribution in [1.29, 1.82) is 0 Å². The van der Waals surface area contributed by atoms with Gasteiger partial charge in [0.05, 0.1) is 22.1 Å². The van der Waals surface area contributed by atoms with Crippen molar-refractivity contribution in [1.82, 2.24) is 9.13 Å². The number of nitrogens with zero attached hydrogens (tertiary/aromatic N) is 2. The maximum Gasteiger partial charge on any atom is 0.136 e. The maximum atomic E-state index is 6.47. The van der Waals surface area contributed by atoms with Crippen LogP contribution in [0.5, 0.6) is 0 Å². The zero-order chi connectivity index (χ0) is 33.5. The van der Waals surface area contributed by atoms with E-state index in [4.69, 9.17) is 4.42 Å². The van der Waals surface area contributed by atoms with E-state index in [0.717, 1.165) is 33.3 Å². The predicted molar refractivity (Wildman–Crippen MR) is 213 cm³/mol. The van der Waals surface area contributed by atoms with E-state index in [2.05, 4.69) is 191 Å². The van der Waals surface area contributed by atoms with Crippen LogP contribution in [-0.2, 0) is 0 Å². The molecule has 0 aliphatic rings. The first-order valence-corrected chi connectivity index (χ1v) is 17.4. The number of fused-ring (bicyclic) bond motifs is 9. The van der Waals surface area contributed by atoms with E-state index >= 15 is 0 Å². The van der Waals surface area contributed by atoms with Gasteiger partial charge < -0.3 is 13.6 Å². The molecule has 238 valence electrons. The van der Waals surface area contributed by atoms with Crippen molar-refractivity contribution in [2.24, 2.45) is 0 Å². The van der Waals surface area contributed by atoms with E-state index in [1.54, 1.807) is 0 Å². The Labute approximate surface area is 293 Å². The van der Waals surface area contributed by atoms with E-state index in [1.165, 1.54) is 65.9 Å². The Morgan fingerprint density at radius 3 is 1.49 bits per heavy atom. The van der Waals surface area contributed by atoms with E-state index in [0.29, 0.717) is 0 Å². The van der Waals surface area contributed by atoms with Crippen LogP contribution in [-0.4, -0.2) is 9.13 Å². The van der Waals surface area contributed by atoms with Crippen LogP contribution in [0.2, 0.25) is 0 Å². The fourth-order valence-electron chi connectivity index (χ4n) is 8.25. The van der Waals surface area contributed by atoms with Gasteiger partial charge in [0, 0.05) is 43.7 Å². The normalized spacial score (nSPS) is 11.9. The van der Waals surface area contributed by atoms with E-state index < -0.39 is 0 Å². The van der Waals surface area contributed by atoms with E-state index in [-0.39, 0.29) is 0 Å². The highest BCUT2D eigenvalue weighted by atomic mass is 16.3. The summed E-state index contributed by atoms with van der Waals surface area (Å²) in [5.41, 5.74) is 13.6. The molecule has 0 saturated carbocycles. The molecule has 0 bridgehead atoms. The lowest BCUT2D eigenvalue weighted by Crippen LogP contribution is -1.95. The maximum absolute atomic E-state index is 6.47. The average molecular weight is 651 g/mol. The lowest BCUT2D eigenvalue weighted by molar-refractivity contribution is 0.669. The van der Waals surface area contributed by atoms with Gasteiger partial charge in [-0.2, -0.15) is 0 Å². The topological polar surface area (TPSA) is 23.0 Å². The highest BCUT2D eigenvalue weighted by Gasteiger charge is 2.18. The molecular formula is C48H30N2O. The minimum Gasteiger partial charge on any atom is -0.456 e. The zero-order valence-electron chi connectivity index (χ0n) is 27.6. The Kier molecular flexibility index (Phi) is 5.96. The predicted octanol–water partition coefficient (Wildman–Crippen LogP) is 13.1. The fourth-order valence-corrected chi connectivity index (χ4v) is 8.25. The first kappa shape index (κ1) is 28.0. The molecule has 0 spiro atoms. The summed E-state index contributed by atoms with van der Waals surface area (Å²) >= 11 is 0. The third-order valence-electron chi connectivity index (χ3n) is 10.5. The lowest BCUT2D eigenvalue weighted by atomic mass is 9.97. The third kappa shape index (κ3) is 4.19. The van der Waals surface area contributed by atoms with Crippen LogP contribution in [0.4, 0.5) is 0 Å². The molecule has 3 heteroatoms. The smallest absolute Gasteiger partial charge is 0.136 e. The summed E-state index contributed by atoms with van der Waals surface area (Å²) in [6.45, 7) is 0. The summed E-state index contributed by atoms with van der Waals surface area (Å²) in [7, 11) is 0. The summed E-state index contributed by atoms with van der Waals surface area (Å²) in [6, 6.07) is 65.4. The largest absolute Gasteiger partial charge is 0.456 e. The second-order valence-corrected chi connectivity index (χ2v) is 13.3. The molecule has 0 amide bonds. The number of furan rings is 1. The van der Waals surface area contributed by atoms with Crippen LogP contribution in [0.15, 0.2) is 186 Å². The molecule has 3 heterocycles. The van der Waals surface area contributed by atoms with Crippen molar-refractivity contribution < 1.29 is 4.42 Å². The first-order chi connectivity index (χ1) is 25.3. The molecule has 0 unspecified atom stereocenters. The van der Waals surface area contributed by atoms with Gasteiger partial charge in [-0.1, -0.05) is 121 Å².